The van der Waals surface area contributed by atoms with Crippen LogP contribution in [0.3, 0.4) is 0 Å². The number of likely N-dealkylation sites (tertiary alicyclic amines) is 1. The van der Waals surface area contributed by atoms with Crippen LogP contribution in [0.15, 0.2) is 29.4 Å². The van der Waals surface area contributed by atoms with Crippen LogP contribution < -0.4 is 10.6 Å². The Morgan fingerprint density at radius 1 is 1.19 bits per heavy atom. The van der Waals surface area contributed by atoms with Crippen molar-refractivity contribution in [3.63, 3.8) is 0 Å². The van der Waals surface area contributed by atoms with Crippen LogP contribution in [0.2, 0.25) is 0 Å². The highest BCUT2D eigenvalue weighted by Gasteiger charge is 2.31. The van der Waals surface area contributed by atoms with Crippen molar-refractivity contribution in [3.8, 4) is 11.3 Å². The summed E-state index contributed by atoms with van der Waals surface area (Å²) in [5.41, 5.74) is 5.11. The van der Waals surface area contributed by atoms with Gasteiger partial charge in [-0.1, -0.05) is 0 Å². The number of halogens is 3. The van der Waals surface area contributed by atoms with Gasteiger partial charge in [0.2, 0.25) is 18.3 Å². The number of nitrogens with zero attached hydrogens (tertiary/aromatic N) is 6. The molecule has 2 unspecified atom stereocenters. The number of amides is 1. The first kappa shape index (κ1) is 27.9. The number of rotatable bonds is 5. The van der Waals surface area contributed by atoms with E-state index in [-0.39, 0.29) is 12.5 Å². The number of piperidine rings is 1. The SMILES string of the molecule is CC(F)F.CNc1nc(NC2CCN(C(C)=O)CC2F)nn2ccc(-c3ccc(N=C(C)C)c(C)n3)c12. The third-order valence-corrected chi connectivity index (χ3v) is 5.73. The molecule has 0 radical (unpaired) electrons. The predicted molar refractivity (Wildman–Crippen MR) is 140 cm³/mol. The molecule has 1 fully saturated rings. The Hall–Kier alpha value is -3.70. The maximum absolute atomic E-state index is 14.7. The van der Waals surface area contributed by atoms with Crippen LogP contribution in [0, 0.1) is 6.92 Å². The summed E-state index contributed by atoms with van der Waals surface area (Å²) in [5.74, 6) is 0.819. The highest BCUT2D eigenvalue weighted by Crippen LogP contribution is 2.31. The molecule has 0 bridgehead atoms. The summed E-state index contributed by atoms with van der Waals surface area (Å²) in [7, 11) is 1.78. The first-order valence-electron chi connectivity index (χ1n) is 12.0. The van der Waals surface area contributed by atoms with Gasteiger partial charge >= 0.3 is 0 Å². The molecule has 37 heavy (non-hydrogen) atoms. The average Bonchev–Trinajstić information content (AvgIpc) is 3.24. The molecule has 3 aromatic rings. The van der Waals surface area contributed by atoms with Gasteiger partial charge in [-0.25, -0.2) is 17.7 Å². The van der Waals surface area contributed by atoms with Gasteiger partial charge in [0.15, 0.2) is 5.82 Å². The highest BCUT2D eigenvalue weighted by molar-refractivity contribution is 5.88. The number of pyridine rings is 1. The average molecular weight is 519 g/mol. The largest absolute Gasteiger partial charge is 0.371 e. The first-order chi connectivity index (χ1) is 17.5. The maximum Gasteiger partial charge on any atom is 0.243 e. The molecule has 12 heteroatoms. The van der Waals surface area contributed by atoms with E-state index in [2.05, 4.69) is 25.7 Å². The summed E-state index contributed by atoms with van der Waals surface area (Å²) >= 11 is 0. The van der Waals surface area contributed by atoms with E-state index in [4.69, 9.17) is 4.98 Å². The number of alkyl halides is 3. The standard InChI is InChI=1S/C23H29FN8O.C2H4F2/c1-13(2)26-18-6-7-19(27-14(18)3)16-8-11-32-21(16)22(25-5)29-23(30-32)28-20-9-10-31(15(4)33)12-17(20)24;1-2(3)4/h6-8,11,17,20H,9-10,12H2,1-5H3,(H2,25,28,29,30);2H,1H3. The van der Waals surface area contributed by atoms with Gasteiger partial charge < -0.3 is 15.5 Å². The third-order valence-electron chi connectivity index (χ3n) is 5.73. The van der Waals surface area contributed by atoms with Crippen LogP contribution in [0.5, 0.6) is 0 Å². The lowest BCUT2D eigenvalue weighted by Gasteiger charge is -2.34. The van der Waals surface area contributed by atoms with E-state index in [0.29, 0.717) is 24.7 Å². The van der Waals surface area contributed by atoms with E-state index in [0.717, 1.165) is 40.8 Å². The zero-order valence-electron chi connectivity index (χ0n) is 21.9. The fraction of sp³-hybridized carbons (Fsp3) is 0.480. The Morgan fingerprint density at radius 3 is 2.46 bits per heavy atom. The molecule has 1 aliphatic heterocycles. The second-order valence-corrected chi connectivity index (χ2v) is 8.96. The van der Waals surface area contributed by atoms with Crippen molar-refractivity contribution in [2.24, 2.45) is 4.99 Å². The van der Waals surface area contributed by atoms with Gasteiger partial charge in [0.1, 0.15) is 11.7 Å². The molecule has 4 heterocycles. The zero-order chi connectivity index (χ0) is 27.3. The molecule has 1 saturated heterocycles. The first-order valence-corrected chi connectivity index (χ1v) is 12.0. The summed E-state index contributed by atoms with van der Waals surface area (Å²) in [6.07, 6.45) is -1.04. The lowest BCUT2D eigenvalue weighted by atomic mass is 10.0. The Balaban J connectivity index is 0.000000886. The molecule has 0 aromatic carbocycles. The van der Waals surface area contributed by atoms with Gasteiger partial charge in [0.05, 0.1) is 29.7 Å². The third kappa shape index (κ3) is 6.95. The van der Waals surface area contributed by atoms with Crippen molar-refractivity contribution < 1.29 is 18.0 Å². The fourth-order valence-electron chi connectivity index (χ4n) is 4.05. The minimum absolute atomic E-state index is 0.0738. The number of anilines is 2. The van der Waals surface area contributed by atoms with Crippen molar-refractivity contribution >= 4 is 34.6 Å². The Kier molecular flexibility index (Phi) is 9.06. The molecule has 2 atom stereocenters. The summed E-state index contributed by atoms with van der Waals surface area (Å²) < 4.78 is 37.0. The molecule has 0 aliphatic carbocycles. The molecule has 0 spiro atoms. The minimum Gasteiger partial charge on any atom is -0.371 e. The molecule has 2 N–H and O–H groups in total. The van der Waals surface area contributed by atoms with E-state index in [1.54, 1.807) is 11.6 Å². The Labute approximate surface area is 214 Å². The number of carbonyl (C=O) groups is 1. The van der Waals surface area contributed by atoms with Crippen LogP contribution in [0.4, 0.5) is 30.6 Å². The summed E-state index contributed by atoms with van der Waals surface area (Å²) in [6, 6.07) is 5.37. The van der Waals surface area contributed by atoms with Crippen LogP contribution in [-0.4, -0.2) is 74.9 Å². The second-order valence-electron chi connectivity index (χ2n) is 8.96. The van der Waals surface area contributed by atoms with Crippen molar-refractivity contribution in [1.29, 1.82) is 0 Å². The predicted octanol–water partition coefficient (Wildman–Crippen LogP) is 4.90. The van der Waals surface area contributed by atoms with Gasteiger partial charge in [-0.15, -0.1) is 5.10 Å². The smallest absolute Gasteiger partial charge is 0.243 e. The molecular formula is C25H33F3N8O. The van der Waals surface area contributed by atoms with Gasteiger partial charge in [0.25, 0.3) is 0 Å². The lowest BCUT2D eigenvalue weighted by molar-refractivity contribution is -0.131. The van der Waals surface area contributed by atoms with Crippen LogP contribution >= 0.6 is 0 Å². The maximum atomic E-state index is 14.7. The number of nitrogens with one attached hydrogen (secondary N) is 2. The normalized spacial score (nSPS) is 17.3. The number of carbonyl (C=O) groups excluding carboxylic acids is 1. The van der Waals surface area contributed by atoms with Crippen molar-refractivity contribution in [3.05, 3.63) is 30.1 Å². The van der Waals surface area contributed by atoms with Gasteiger partial charge in [0, 0.05) is 38.0 Å². The monoisotopic (exact) mass is 518 g/mol. The molecule has 3 aromatic heterocycles. The van der Waals surface area contributed by atoms with Crippen LogP contribution in [0.1, 0.15) is 39.8 Å². The van der Waals surface area contributed by atoms with E-state index in [1.807, 2.05) is 45.2 Å². The lowest BCUT2D eigenvalue weighted by Crippen LogP contribution is -2.49. The number of fused-ring (bicyclic) bond motifs is 1. The van der Waals surface area contributed by atoms with Crippen molar-refractivity contribution in [2.75, 3.05) is 30.8 Å². The topological polar surface area (TPSA) is 99.8 Å². The van der Waals surface area contributed by atoms with E-state index >= 15 is 0 Å². The van der Waals surface area contributed by atoms with Crippen molar-refractivity contribution in [2.45, 2.75) is 59.7 Å². The number of aromatic nitrogens is 4. The number of hydrogen-bond donors (Lipinski definition) is 2. The molecule has 1 amide bonds. The Morgan fingerprint density at radius 2 is 1.89 bits per heavy atom. The van der Waals surface area contributed by atoms with Crippen molar-refractivity contribution in [1.82, 2.24) is 24.5 Å². The molecule has 4 rings (SSSR count). The fourth-order valence-corrected chi connectivity index (χ4v) is 4.05. The number of aliphatic imine (C=N–C) groups is 1. The van der Waals surface area contributed by atoms with Gasteiger partial charge in [-0.05, 0) is 52.3 Å². The molecule has 1 aliphatic rings. The molecule has 0 saturated carbocycles. The van der Waals surface area contributed by atoms with E-state index in [9.17, 15) is 18.0 Å². The minimum atomic E-state index is -2.17. The highest BCUT2D eigenvalue weighted by atomic mass is 19.3. The van der Waals surface area contributed by atoms with Crippen LogP contribution in [0.25, 0.3) is 16.8 Å². The number of hydrogen-bond acceptors (Lipinski definition) is 7. The zero-order valence-corrected chi connectivity index (χ0v) is 21.9. The van der Waals surface area contributed by atoms with E-state index < -0.39 is 18.6 Å². The number of aryl methyl sites for hydroxylation is 1. The van der Waals surface area contributed by atoms with Gasteiger partial charge in [-0.3, -0.25) is 14.8 Å². The van der Waals surface area contributed by atoms with Gasteiger partial charge in [-0.2, -0.15) is 4.98 Å². The molecular weight excluding hydrogens is 485 g/mol. The second kappa shape index (κ2) is 12.0. The molecule has 200 valence electrons. The Bertz CT molecular complexity index is 1270. The summed E-state index contributed by atoms with van der Waals surface area (Å²) in [4.78, 5) is 26.9. The van der Waals surface area contributed by atoms with Crippen LogP contribution in [-0.2, 0) is 4.79 Å². The molecule has 9 nitrogen and oxygen atoms in total. The van der Waals surface area contributed by atoms with E-state index in [1.165, 1.54) is 11.8 Å². The quantitative estimate of drug-likeness (QED) is 0.467. The summed E-state index contributed by atoms with van der Waals surface area (Å²) in [6.45, 7) is 8.71. The summed E-state index contributed by atoms with van der Waals surface area (Å²) in [5, 5.41) is 10.8.